The highest BCUT2D eigenvalue weighted by Crippen LogP contribution is 2.11. The number of rotatable bonds is 5. The molecule has 0 atom stereocenters. The summed E-state index contributed by atoms with van der Waals surface area (Å²) in [6.07, 6.45) is 5.64. The standard InChI is InChI=1S/C11H13N5O2/c1-15-7-6-13-11(15)4-5-12-10-3-2-9(8-14-10)16(17)18/h2-3,6-8H,4-5H2,1H3,(H,12,14). The van der Waals surface area contributed by atoms with E-state index >= 15 is 0 Å². The number of nitrogens with one attached hydrogen (secondary N) is 1. The third-order valence-electron chi connectivity index (χ3n) is 2.53. The summed E-state index contributed by atoms with van der Waals surface area (Å²) < 4.78 is 1.95. The first-order valence-corrected chi connectivity index (χ1v) is 5.47. The number of imidazole rings is 1. The Morgan fingerprint density at radius 3 is 2.83 bits per heavy atom. The van der Waals surface area contributed by atoms with E-state index in [0.717, 1.165) is 12.2 Å². The molecule has 94 valence electrons. The maximum atomic E-state index is 10.5. The Hall–Kier alpha value is -2.44. The Labute approximate surface area is 104 Å². The first-order valence-electron chi connectivity index (χ1n) is 5.47. The van der Waals surface area contributed by atoms with Crippen LogP contribution in [0.5, 0.6) is 0 Å². The molecule has 7 heteroatoms. The second kappa shape index (κ2) is 5.26. The number of hydrogen-bond donors (Lipinski definition) is 1. The normalized spacial score (nSPS) is 10.3. The predicted molar refractivity (Wildman–Crippen MR) is 66.3 cm³/mol. The van der Waals surface area contributed by atoms with Gasteiger partial charge in [-0.2, -0.15) is 0 Å². The number of aromatic nitrogens is 3. The smallest absolute Gasteiger partial charge is 0.287 e. The van der Waals surface area contributed by atoms with Crippen LogP contribution in [0.1, 0.15) is 5.82 Å². The zero-order valence-electron chi connectivity index (χ0n) is 9.91. The summed E-state index contributed by atoms with van der Waals surface area (Å²) in [5, 5.41) is 13.5. The molecule has 0 bridgehead atoms. The zero-order chi connectivity index (χ0) is 13.0. The third-order valence-corrected chi connectivity index (χ3v) is 2.53. The van der Waals surface area contributed by atoms with Gasteiger partial charge in [-0.15, -0.1) is 0 Å². The fourth-order valence-corrected chi connectivity index (χ4v) is 1.54. The highest BCUT2D eigenvalue weighted by atomic mass is 16.6. The van der Waals surface area contributed by atoms with Gasteiger partial charge in [0.2, 0.25) is 0 Å². The van der Waals surface area contributed by atoms with Crippen molar-refractivity contribution in [3.63, 3.8) is 0 Å². The molecule has 0 saturated carbocycles. The van der Waals surface area contributed by atoms with E-state index in [-0.39, 0.29) is 5.69 Å². The summed E-state index contributed by atoms with van der Waals surface area (Å²) in [5.74, 6) is 1.60. The quantitative estimate of drug-likeness (QED) is 0.637. The topological polar surface area (TPSA) is 85.9 Å². The molecule has 2 aromatic heterocycles. The molecule has 0 aliphatic carbocycles. The van der Waals surface area contributed by atoms with Crippen LogP contribution in [0.3, 0.4) is 0 Å². The Morgan fingerprint density at radius 1 is 1.44 bits per heavy atom. The van der Waals surface area contributed by atoms with E-state index in [1.54, 1.807) is 12.3 Å². The Balaban J connectivity index is 1.87. The van der Waals surface area contributed by atoms with E-state index in [1.165, 1.54) is 12.3 Å². The number of pyridine rings is 1. The van der Waals surface area contributed by atoms with Gasteiger partial charge in [-0.25, -0.2) is 9.97 Å². The van der Waals surface area contributed by atoms with Crippen molar-refractivity contribution in [3.05, 3.63) is 46.7 Å². The van der Waals surface area contributed by atoms with Gasteiger partial charge in [0.15, 0.2) is 0 Å². The maximum absolute atomic E-state index is 10.5. The summed E-state index contributed by atoms with van der Waals surface area (Å²) in [6, 6.07) is 3.02. The van der Waals surface area contributed by atoms with Crippen molar-refractivity contribution in [3.8, 4) is 0 Å². The van der Waals surface area contributed by atoms with Crippen LogP contribution >= 0.6 is 0 Å². The van der Waals surface area contributed by atoms with E-state index in [9.17, 15) is 10.1 Å². The third kappa shape index (κ3) is 2.82. The largest absolute Gasteiger partial charge is 0.370 e. The molecule has 0 fully saturated rings. The van der Waals surface area contributed by atoms with E-state index in [2.05, 4.69) is 15.3 Å². The minimum atomic E-state index is -0.468. The first-order chi connectivity index (χ1) is 8.66. The minimum Gasteiger partial charge on any atom is -0.370 e. The average molecular weight is 247 g/mol. The van der Waals surface area contributed by atoms with Gasteiger partial charge in [-0.3, -0.25) is 10.1 Å². The van der Waals surface area contributed by atoms with Crippen molar-refractivity contribution in [1.82, 2.24) is 14.5 Å². The van der Waals surface area contributed by atoms with Crippen molar-refractivity contribution in [2.45, 2.75) is 6.42 Å². The van der Waals surface area contributed by atoms with E-state index < -0.39 is 4.92 Å². The van der Waals surface area contributed by atoms with Gasteiger partial charge >= 0.3 is 0 Å². The maximum Gasteiger partial charge on any atom is 0.287 e. The second-order valence-electron chi connectivity index (χ2n) is 3.79. The highest BCUT2D eigenvalue weighted by Gasteiger charge is 2.05. The van der Waals surface area contributed by atoms with Crippen LogP contribution in [0.4, 0.5) is 11.5 Å². The molecule has 7 nitrogen and oxygen atoms in total. The molecular weight excluding hydrogens is 234 g/mol. The lowest BCUT2D eigenvalue weighted by Crippen LogP contribution is -2.09. The fourth-order valence-electron chi connectivity index (χ4n) is 1.54. The number of anilines is 1. The SMILES string of the molecule is Cn1ccnc1CCNc1ccc([N+](=O)[O-])cn1. The Morgan fingerprint density at radius 2 is 2.28 bits per heavy atom. The van der Waals surface area contributed by atoms with Crippen LogP contribution in [0.2, 0.25) is 0 Å². The van der Waals surface area contributed by atoms with Gasteiger partial charge < -0.3 is 9.88 Å². The number of nitrogens with zero attached hydrogens (tertiary/aromatic N) is 4. The summed E-state index contributed by atoms with van der Waals surface area (Å²) in [5.41, 5.74) is -0.00958. The average Bonchev–Trinajstić information content (AvgIpc) is 2.76. The lowest BCUT2D eigenvalue weighted by atomic mass is 10.3. The van der Waals surface area contributed by atoms with Crippen molar-refractivity contribution in [1.29, 1.82) is 0 Å². The molecule has 0 aliphatic heterocycles. The molecular formula is C11H13N5O2. The summed E-state index contributed by atoms with van der Waals surface area (Å²) in [4.78, 5) is 18.1. The number of hydrogen-bond acceptors (Lipinski definition) is 5. The zero-order valence-corrected chi connectivity index (χ0v) is 9.91. The minimum absolute atomic E-state index is 0.00958. The van der Waals surface area contributed by atoms with Crippen LogP contribution < -0.4 is 5.32 Å². The molecule has 0 unspecified atom stereocenters. The van der Waals surface area contributed by atoms with Crippen molar-refractivity contribution in [2.24, 2.45) is 7.05 Å². The predicted octanol–water partition coefficient (Wildman–Crippen LogP) is 1.38. The van der Waals surface area contributed by atoms with Gasteiger partial charge in [0.1, 0.15) is 17.8 Å². The fraction of sp³-hybridized carbons (Fsp3) is 0.273. The summed E-state index contributed by atoms with van der Waals surface area (Å²) in [6.45, 7) is 0.676. The van der Waals surface area contributed by atoms with E-state index in [0.29, 0.717) is 12.4 Å². The van der Waals surface area contributed by atoms with Crippen molar-refractivity contribution >= 4 is 11.5 Å². The highest BCUT2D eigenvalue weighted by molar-refractivity contribution is 5.40. The molecule has 2 aromatic rings. The van der Waals surface area contributed by atoms with Crippen LogP contribution in [-0.2, 0) is 13.5 Å². The van der Waals surface area contributed by atoms with Crippen molar-refractivity contribution < 1.29 is 4.92 Å². The molecule has 2 heterocycles. The molecule has 2 rings (SSSR count). The van der Waals surface area contributed by atoms with Crippen LogP contribution in [0, 0.1) is 10.1 Å². The molecule has 0 aromatic carbocycles. The Kier molecular flexibility index (Phi) is 3.52. The molecule has 0 radical (unpaired) electrons. The lowest BCUT2D eigenvalue weighted by Gasteiger charge is -2.05. The van der Waals surface area contributed by atoms with Crippen molar-refractivity contribution in [2.75, 3.05) is 11.9 Å². The summed E-state index contributed by atoms with van der Waals surface area (Å²) >= 11 is 0. The first kappa shape index (κ1) is 12.0. The van der Waals surface area contributed by atoms with E-state index in [1.807, 2.05) is 17.8 Å². The van der Waals surface area contributed by atoms with Gasteiger partial charge in [-0.1, -0.05) is 0 Å². The molecule has 0 saturated heterocycles. The molecule has 18 heavy (non-hydrogen) atoms. The van der Waals surface area contributed by atoms with Crippen LogP contribution in [0.15, 0.2) is 30.7 Å². The number of aryl methyl sites for hydroxylation is 1. The molecule has 0 spiro atoms. The lowest BCUT2D eigenvalue weighted by molar-refractivity contribution is -0.385. The summed E-state index contributed by atoms with van der Waals surface area (Å²) in [7, 11) is 1.94. The monoisotopic (exact) mass is 247 g/mol. The van der Waals surface area contributed by atoms with Gasteiger partial charge in [-0.05, 0) is 6.07 Å². The molecule has 0 amide bonds. The molecule has 1 N–H and O–H groups in total. The molecule has 0 aliphatic rings. The van der Waals surface area contributed by atoms with E-state index in [4.69, 9.17) is 0 Å². The van der Waals surface area contributed by atoms with Gasteiger partial charge in [0, 0.05) is 38.5 Å². The Bertz CT molecular complexity index is 535. The van der Waals surface area contributed by atoms with Gasteiger partial charge in [0.25, 0.3) is 5.69 Å². The van der Waals surface area contributed by atoms with Crippen LogP contribution in [-0.4, -0.2) is 26.0 Å². The van der Waals surface area contributed by atoms with Crippen LogP contribution in [0.25, 0.3) is 0 Å². The number of nitro groups is 1. The second-order valence-corrected chi connectivity index (χ2v) is 3.79. The van der Waals surface area contributed by atoms with Gasteiger partial charge in [0.05, 0.1) is 4.92 Å².